The normalized spacial score (nSPS) is 16.4. The van der Waals surface area contributed by atoms with Gasteiger partial charge in [-0.15, -0.1) is 0 Å². The van der Waals surface area contributed by atoms with Crippen LogP contribution in [0.2, 0.25) is 0 Å². The number of rotatable bonds is 15. The zero-order chi connectivity index (χ0) is 26.7. The number of esters is 1. The van der Waals surface area contributed by atoms with E-state index in [4.69, 9.17) is 15.2 Å². The van der Waals surface area contributed by atoms with Gasteiger partial charge in [0.25, 0.3) is 0 Å². The molecule has 2 unspecified atom stereocenters. The highest BCUT2D eigenvalue weighted by Gasteiger charge is 2.44. The number of benzene rings is 3. The standard InChI is InChI=1S/C32H38N2O4/c1-2-37-32(36)29-21-27(29)22-34(17-10-18-38-28-16-9-11-24(19-28)20-31(33)35)23-30(25-12-5-3-6-13-25)26-14-7-4-8-15-26/h3-9,11-16,19,27,29-30H,2,10,17-18,20-23H2,1H3,(H2,33,35). The van der Waals surface area contributed by atoms with Crippen LogP contribution in [0, 0.1) is 11.8 Å². The van der Waals surface area contributed by atoms with Crippen LogP contribution < -0.4 is 10.5 Å². The first-order chi connectivity index (χ1) is 18.5. The maximum absolute atomic E-state index is 12.3. The molecule has 0 bridgehead atoms. The molecule has 1 fully saturated rings. The third-order valence-corrected chi connectivity index (χ3v) is 7.01. The highest BCUT2D eigenvalue weighted by molar-refractivity contribution is 5.76. The molecule has 1 amide bonds. The summed E-state index contributed by atoms with van der Waals surface area (Å²) >= 11 is 0. The van der Waals surface area contributed by atoms with Crippen molar-refractivity contribution in [3.05, 3.63) is 102 Å². The summed E-state index contributed by atoms with van der Waals surface area (Å²) in [4.78, 5) is 26.0. The summed E-state index contributed by atoms with van der Waals surface area (Å²) < 4.78 is 11.3. The zero-order valence-corrected chi connectivity index (χ0v) is 22.1. The fourth-order valence-electron chi connectivity index (χ4n) is 5.03. The molecule has 2 atom stereocenters. The predicted molar refractivity (Wildman–Crippen MR) is 149 cm³/mol. The second kappa shape index (κ2) is 13.8. The average Bonchev–Trinajstić information content (AvgIpc) is 3.70. The maximum atomic E-state index is 12.3. The number of nitrogens with zero attached hydrogens (tertiary/aromatic N) is 1. The van der Waals surface area contributed by atoms with E-state index < -0.39 is 0 Å². The average molecular weight is 515 g/mol. The molecule has 0 heterocycles. The summed E-state index contributed by atoms with van der Waals surface area (Å²) in [6.45, 7) is 5.40. The molecule has 0 aromatic heterocycles. The van der Waals surface area contributed by atoms with Crippen LogP contribution in [-0.4, -0.2) is 49.6 Å². The Kier molecular flexibility index (Phi) is 9.93. The quantitative estimate of drug-likeness (QED) is 0.232. The van der Waals surface area contributed by atoms with Gasteiger partial charge in [0, 0.05) is 25.6 Å². The van der Waals surface area contributed by atoms with Crippen LogP contribution >= 0.6 is 0 Å². The van der Waals surface area contributed by atoms with Gasteiger partial charge in [-0.3, -0.25) is 9.59 Å². The number of carbonyl (C=O) groups excluding carboxylic acids is 2. The van der Waals surface area contributed by atoms with Gasteiger partial charge in [-0.2, -0.15) is 0 Å². The zero-order valence-electron chi connectivity index (χ0n) is 22.1. The molecule has 1 saturated carbocycles. The van der Waals surface area contributed by atoms with Gasteiger partial charge < -0.3 is 20.1 Å². The Morgan fingerprint density at radius 1 is 0.974 bits per heavy atom. The number of hydrogen-bond acceptors (Lipinski definition) is 5. The number of primary amides is 1. The molecule has 1 aliphatic rings. The van der Waals surface area contributed by atoms with Crippen LogP contribution in [0.1, 0.15) is 42.4 Å². The van der Waals surface area contributed by atoms with E-state index in [1.165, 1.54) is 11.1 Å². The van der Waals surface area contributed by atoms with Crippen molar-refractivity contribution in [2.75, 3.05) is 32.8 Å². The van der Waals surface area contributed by atoms with E-state index in [9.17, 15) is 9.59 Å². The molecule has 3 aromatic carbocycles. The van der Waals surface area contributed by atoms with E-state index in [1.54, 1.807) is 0 Å². The van der Waals surface area contributed by atoms with Crippen LogP contribution in [0.25, 0.3) is 0 Å². The Bertz CT molecular complexity index is 1130. The largest absolute Gasteiger partial charge is 0.494 e. The molecule has 200 valence electrons. The third kappa shape index (κ3) is 8.18. The van der Waals surface area contributed by atoms with Crippen LogP contribution in [0.15, 0.2) is 84.9 Å². The molecule has 2 N–H and O–H groups in total. The summed E-state index contributed by atoms with van der Waals surface area (Å²) in [5, 5.41) is 0. The van der Waals surface area contributed by atoms with Gasteiger partial charge in [0.05, 0.1) is 25.6 Å². The van der Waals surface area contributed by atoms with Gasteiger partial charge in [-0.25, -0.2) is 0 Å². The van der Waals surface area contributed by atoms with Gasteiger partial charge in [-0.1, -0.05) is 72.8 Å². The summed E-state index contributed by atoms with van der Waals surface area (Å²) in [6, 6.07) is 28.8. The Morgan fingerprint density at radius 3 is 2.29 bits per heavy atom. The molecular formula is C32H38N2O4. The smallest absolute Gasteiger partial charge is 0.309 e. The fourth-order valence-corrected chi connectivity index (χ4v) is 5.03. The van der Waals surface area contributed by atoms with Gasteiger partial charge >= 0.3 is 5.97 Å². The number of hydrogen-bond donors (Lipinski definition) is 1. The molecule has 1 aliphatic carbocycles. The van der Waals surface area contributed by atoms with E-state index in [1.807, 2.05) is 43.3 Å². The molecule has 6 heteroatoms. The molecule has 4 rings (SSSR count). The Morgan fingerprint density at radius 2 is 1.66 bits per heavy atom. The van der Waals surface area contributed by atoms with Crippen molar-refractivity contribution in [2.24, 2.45) is 17.6 Å². The Balaban J connectivity index is 1.42. The van der Waals surface area contributed by atoms with E-state index in [0.29, 0.717) is 19.1 Å². The molecule has 0 aliphatic heterocycles. The summed E-state index contributed by atoms with van der Waals surface area (Å²) in [6.07, 6.45) is 1.93. The van der Waals surface area contributed by atoms with Gasteiger partial charge in [-0.05, 0) is 54.5 Å². The first-order valence-electron chi connectivity index (χ1n) is 13.5. The summed E-state index contributed by atoms with van der Waals surface area (Å²) in [5.74, 6) is 0.876. The maximum Gasteiger partial charge on any atom is 0.309 e. The van der Waals surface area contributed by atoms with E-state index >= 15 is 0 Å². The van der Waals surface area contributed by atoms with Crippen molar-refractivity contribution in [2.45, 2.75) is 32.1 Å². The Hall–Kier alpha value is -3.64. The molecule has 0 spiro atoms. The SMILES string of the molecule is CCOC(=O)C1CC1CN(CCCOc1cccc(CC(N)=O)c1)CC(c1ccccc1)c1ccccc1. The number of ether oxygens (including phenoxy) is 2. The van der Waals surface area contributed by atoms with E-state index in [0.717, 1.165) is 43.8 Å². The lowest BCUT2D eigenvalue weighted by Gasteiger charge is -2.28. The van der Waals surface area contributed by atoms with E-state index in [2.05, 4.69) is 53.4 Å². The topological polar surface area (TPSA) is 81.9 Å². The Labute approximate surface area is 225 Å². The molecule has 6 nitrogen and oxygen atoms in total. The second-order valence-corrected chi connectivity index (χ2v) is 9.98. The first kappa shape index (κ1) is 27.4. The van der Waals surface area contributed by atoms with Crippen LogP contribution in [0.5, 0.6) is 5.75 Å². The summed E-state index contributed by atoms with van der Waals surface area (Å²) in [7, 11) is 0. The van der Waals surface area contributed by atoms with Crippen molar-refractivity contribution < 1.29 is 19.1 Å². The van der Waals surface area contributed by atoms with Crippen molar-refractivity contribution in [1.82, 2.24) is 4.90 Å². The lowest BCUT2D eigenvalue weighted by molar-refractivity contribution is -0.145. The van der Waals surface area contributed by atoms with Crippen LogP contribution in [0.4, 0.5) is 0 Å². The minimum Gasteiger partial charge on any atom is -0.494 e. The van der Waals surface area contributed by atoms with E-state index in [-0.39, 0.29) is 30.1 Å². The fraction of sp³-hybridized carbons (Fsp3) is 0.375. The van der Waals surface area contributed by atoms with Crippen LogP contribution in [0.3, 0.4) is 0 Å². The monoisotopic (exact) mass is 514 g/mol. The lowest BCUT2D eigenvalue weighted by atomic mass is 9.90. The number of carbonyl (C=O) groups is 2. The van der Waals surface area contributed by atoms with Crippen molar-refractivity contribution >= 4 is 11.9 Å². The minimum absolute atomic E-state index is 0.00796. The number of nitrogens with two attached hydrogens (primary N) is 1. The van der Waals surface area contributed by atoms with Gasteiger partial charge in [0.1, 0.15) is 5.75 Å². The van der Waals surface area contributed by atoms with Crippen LogP contribution in [-0.2, 0) is 20.7 Å². The van der Waals surface area contributed by atoms with Gasteiger partial charge in [0.2, 0.25) is 5.91 Å². The molecule has 38 heavy (non-hydrogen) atoms. The second-order valence-electron chi connectivity index (χ2n) is 9.98. The van der Waals surface area contributed by atoms with Crippen molar-refractivity contribution in [3.8, 4) is 5.75 Å². The highest BCUT2D eigenvalue weighted by atomic mass is 16.5. The molecule has 0 radical (unpaired) electrons. The number of amides is 1. The molecule has 0 saturated heterocycles. The predicted octanol–water partition coefficient (Wildman–Crippen LogP) is 4.82. The first-order valence-corrected chi connectivity index (χ1v) is 13.5. The van der Waals surface area contributed by atoms with Crippen molar-refractivity contribution in [1.29, 1.82) is 0 Å². The third-order valence-electron chi connectivity index (χ3n) is 7.01. The minimum atomic E-state index is -0.356. The highest BCUT2D eigenvalue weighted by Crippen LogP contribution is 2.40. The summed E-state index contributed by atoms with van der Waals surface area (Å²) in [5.41, 5.74) is 8.74. The van der Waals surface area contributed by atoms with Gasteiger partial charge in [0.15, 0.2) is 0 Å². The molecular weight excluding hydrogens is 476 g/mol. The molecule has 3 aromatic rings. The lowest BCUT2D eigenvalue weighted by Crippen LogP contribution is -2.33. The van der Waals surface area contributed by atoms with Crippen molar-refractivity contribution in [3.63, 3.8) is 0 Å².